The molecule has 2 saturated heterocycles. The van der Waals surface area contributed by atoms with Crippen LogP contribution in [0.1, 0.15) is 66.9 Å². The highest BCUT2D eigenvalue weighted by Gasteiger charge is 2.39. The average Bonchev–Trinajstić information content (AvgIpc) is 3.42. The summed E-state index contributed by atoms with van der Waals surface area (Å²) in [7, 11) is 0. The van der Waals surface area contributed by atoms with Gasteiger partial charge in [-0.2, -0.15) is 5.10 Å². The van der Waals surface area contributed by atoms with Crippen molar-refractivity contribution in [1.29, 1.82) is 0 Å². The summed E-state index contributed by atoms with van der Waals surface area (Å²) in [4.78, 5) is 37.6. The molecule has 0 bridgehead atoms. The van der Waals surface area contributed by atoms with Crippen molar-refractivity contribution in [3.8, 4) is 5.75 Å². The van der Waals surface area contributed by atoms with Gasteiger partial charge in [0.05, 0.1) is 12.1 Å². The molecule has 1 aromatic heterocycles. The molecule has 1 saturated carbocycles. The van der Waals surface area contributed by atoms with Crippen molar-refractivity contribution in [2.75, 3.05) is 13.1 Å². The molecule has 34 heavy (non-hydrogen) atoms. The monoisotopic (exact) mass is 465 g/mol. The minimum atomic E-state index is -0.569. The first kappa shape index (κ1) is 22.6. The van der Waals surface area contributed by atoms with Gasteiger partial charge in [0.1, 0.15) is 11.8 Å². The second kappa shape index (κ2) is 9.97. The summed E-state index contributed by atoms with van der Waals surface area (Å²) < 4.78 is 8.07. The van der Waals surface area contributed by atoms with Gasteiger partial charge in [0.2, 0.25) is 11.8 Å². The molecule has 180 valence electrons. The minimum Gasteiger partial charge on any atom is -0.490 e. The molecule has 4 aliphatic rings. The summed E-state index contributed by atoms with van der Waals surface area (Å²) in [5.41, 5.74) is 1.52. The lowest BCUT2D eigenvalue weighted by atomic mass is 9.98. The van der Waals surface area contributed by atoms with Gasteiger partial charge < -0.3 is 15.0 Å². The lowest BCUT2D eigenvalue weighted by Crippen LogP contribution is -2.52. The van der Waals surface area contributed by atoms with Crippen LogP contribution in [-0.4, -0.2) is 57.6 Å². The second-order valence-corrected chi connectivity index (χ2v) is 9.39. The second-order valence-electron chi connectivity index (χ2n) is 9.39. The highest BCUT2D eigenvalue weighted by atomic mass is 16.5. The van der Waals surface area contributed by atoms with Gasteiger partial charge in [-0.15, -0.1) is 0 Å². The molecule has 4 heterocycles. The number of nitrogens with one attached hydrogen (secondary N) is 2. The third kappa shape index (κ3) is 4.84. The number of ether oxygens (including phenoxy) is 1. The number of hydrogen-bond donors (Lipinski definition) is 2. The third-order valence-electron chi connectivity index (χ3n) is 7.01. The van der Waals surface area contributed by atoms with Gasteiger partial charge in [-0.1, -0.05) is 6.42 Å². The highest BCUT2D eigenvalue weighted by Crippen LogP contribution is 2.31. The standard InChI is InChI=1S/C19H22N2O4.C6H9N3/c22-17-9-8-16(18(23)20-17)21-11-12-10-14(6-7-15(12)19(21)24)25-13-4-2-1-3-5-13;1-2-8-9(3-1)6-4-7-5-6/h6-7,10,13,16H,1-5,8-9,11H2,(H,20,22,23);1-3,6-7H,4-5H2. The van der Waals surface area contributed by atoms with E-state index in [4.69, 9.17) is 4.74 Å². The number of fused-ring (bicyclic) bond motifs is 1. The normalized spacial score (nSPS) is 23.0. The first-order valence-electron chi connectivity index (χ1n) is 12.2. The van der Waals surface area contributed by atoms with Crippen molar-refractivity contribution < 1.29 is 19.1 Å². The largest absolute Gasteiger partial charge is 0.490 e. The Morgan fingerprint density at radius 3 is 2.53 bits per heavy atom. The molecule has 2 aromatic rings. The minimum absolute atomic E-state index is 0.145. The number of benzene rings is 1. The Morgan fingerprint density at radius 1 is 1.03 bits per heavy atom. The molecule has 2 N–H and O–H groups in total. The van der Waals surface area contributed by atoms with E-state index in [0.29, 0.717) is 24.6 Å². The van der Waals surface area contributed by atoms with Gasteiger partial charge in [-0.25, -0.2) is 0 Å². The zero-order chi connectivity index (χ0) is 23.5. The van der Waals surface area contributed by atoms with Crippen molar-refractivity contribution in [2.45, 2.75) is 69.7 Å². The van der Waals surface area contributed by atoms with Crippen LogP contribution < -0.4 is 15.4 Å². The van der Waals surface area contributed by atoms with E-state index in [2.05, 4.69) is 15.7 Å². The summed E-state index contributed by atoms with van der Waals surface area (Å²) in [6.45, 7) is 2.53. The molecule has 1 aliphatic carbocycles. The van der Waals surface area contributed by atoms with Crippen LogP contribution >= 0.6 is 0 Å². The first-order valence-corrected chi connectivity index (χ1v) is 12.2. The van der Waals surface area contributed by atoms with E-state index < -0.39 is 6.04 Å². The van der Waals surface area contributed by atoms with Crippen molar-refractivity contribution in [2.24, 2.45) is 0 Å². The van der Waals surface area contributed by atoms with Crippen molar-refractivity contribution in [3.63, 3.8) is 0 Å². The molecule has 3 amide bonds. The Labute approximate surface area is 198 Å². The number of nitrogens with zero attached hydrogens (tertiary/aromatic N) is 3. The Bertz CT molecular complexity index is 1040. The highest BCUT2D eigenvalue weighted by molar-refractivity contribution is 6.05. The lowest BCUT2D eigenvalue weighted by molar-refractivity contribution is -0.136. The van der Waals surface area contributed by atoms with E-state index in [1.807, 2.05) is 35.3 Å². The van der Waals surface area contributed by atoms with E-state index in [0.717, 1.165) is 37.2 Å². The topological polar surface area (TPSA) is 106 Å². The Kier molecular flexibility index (Phi) is 6.62. The summed E-state index contributed by atoms with van der Waals surface area (Å²) in [5.74, 6) is 0.00181. The smallest absolute Gasteiger partial charge is 0.255 e. The van der Waals surface area contributed by atoms with E-state index in [1.54, 1.807) is 11.0 Å². The summed E-state index contributed by atoms with van der Waals surface area (Å²) in [6.07, 6.45) is 10.6. The first-order chi connectivity index (χ1) is 16.6. The SMILES string of the molecule is O=C1CCC(N2Cc3cc(OC4CCCCC4)ccc3C2=O)C(=O)N1.c1cnn(C2CNC2)c1. The van der Waals surface area contributed by atoms with Gasteiger partial charge >= 0.3 is 0 Å². The number of rotatable bonds is 4. The van der Waals surface area contributed by atoms with E-state index >= 15 is 0 Å². The number of amides is 3. The van der Waals surface area contributed by atoms with E-state index in [9.17, 15) is 14.4 Å². The van der Waals surface area contributed by atoms with E-state index in [1.165, 1.54) is 19.3 Å². The summed E-state index contributed by atoms with van der Waals surface area (Å²) >= 11 is 0. The summed E-state index contributed by atoms with van der Waals surface area (Å²) in [5, 5.41) is 9.63. The molecule has 1 aromatic carbocycles. The maximum Gasteiger partial charge on any atom is 0.255 e. The number of hydrogen-bond acceptors (Lipinski definition) is 6. The van der Waals surface area contributed by atoms with Crippen LogP contribution in [0.4, 0.5) is 0 Å². The predicted octanol–water partition coefficient (Wildman–Crippen LogP) is 2.19. The molecule has 9 heteroatoms. The van der Waals surface area contributed by atoms with Crippen LogP contribution in [0.15, 0.2) is 36.7 Å². The quantitative estimate of drug-likeness (QED) is 0.671. The van der Waals surface area contributed by atoms with Crippen LogP contribution in [0.2, 0.25) is 0 Å². The zero-order valence-electron chi connectivity index (χ0n) is 19.2. The molecule has 9 nitrogen and oxygen atoms in total. The van der Waals surface area contributed by atoms with Crippen molar-refractivity contribution in [1.82, 2.24) is 25.3 Å². The van der Waals surface area contributed by atoms with Gasteiger partial charge in [-0.3, -0.25) is 24.4 Å². The molecule has 1 unspecified atom stereocenters. The Hall–Kier alpha value is -3.20. The zero-order valence-corrected chi connectivity index (χ0v) is 19.2. The average molecular weight is 466 g/mol. The van der Waals surface area contributed by atoms with Crippen LogP contribution in [0, 0.1) is 0 Å². The Balaban J connectivity index is 0.000000222. The van der Waals surface area contributed by atoms with Gasteiger partial charge in [0, 0.05) is 44.0 Å². The van der Waals surface area contributed by atoms with Crippen LogP contribution in [0.25, 0.3) is 0 Å². The fourth-order valence-corrected chi connectivity index (χ4v) is 4.96. The van der Waals surface area contributed by atoms with Crippen molar-refractivity contribution in [3.05, 3.63) is 47.8 Å². The van der Waals surface area contributed by atoms with Gasteiger partial charge in [0.15, 0.2) is 0 Å². The van der Waals surface area contributed by atoms with Crippen molar-refractivity contribution >= 4 is 17.7 Å². The maximum absolute atomic E-state index is 12.6. The van der Waals surface area contributed by atoms with E-state index in [-0.39, 0.29) is 30.2 Å². The molecule has 0 spiro atoms. The molecule has 0 radical (unpaired) electrons. The predicted molar refractivity (Wildman–Crippen MR) is 124 cm³/mol. The molecule has 1 atom stereocenters. The number of carbonyl (C=O) groups is 3. The fraction of sp³-hybridized carbons (Fsp3) is 0.520. The molecule has 3 fully saturated rings. The number of carbonyl (C=O) groups excluding carboxylic acids is 3. The number of piperidine rings is 1. The lowest BCUT2D eigenvalue weighted by Gasteiger charge is -2.29. The number of aromatic nitrogens is 2. The maximum atomic E-state index is 12.6. The van der Waals surface area contributed by atoms with Crippen LogP contribution in [-0.2, 0) is 16.1 Å². The molecular formula is C25H31N5O4. The van der Waals surface area contributed by atoms with Gasteiger partial charge in [0.25, 0.3) is 5.91 Å². The molecular weight excluding hydrogens is 434 g/mol. The molecule has 6 rings (SSSR count). The number of imide groups is 1. The van der Waals surface area contributed by atoms with Crippen LogP contribution in [0.5, 0.6) is 5.75 Å². The van der Waals surface area contributed by atoms with Crippen LogP contribution in [0.3, 0.4) is 0 Å². The van der Waals surface area contributed by atoms with Gasteiger partial charge in [-0.05, 0) is 61.9 Å². The Morgan fingerprint density at radius 2 is 1.85 bits per heavy atom. The summed E-state index contributed by atoms with van der Waals surface area (Å²) in [6, 6.07) is 7.56. The third-order valence-corrected chi connectivity index (χ3v) is 7.01. The fourth-order valence-electron chi connectivity index (χ4n) is 4.96. The molecule has 3 aliphatic heterocycles.